The summed E-state index contributed by atoms with van der Waals surface area (Å²) in [7, 11) is 11.5. The van der Waals surface area contributed by atoms with Crippen LogP contribution in [0.4, 0.5) is 14.5 Å². The van der Waals surface area contributed by atoms with Crippen molar-refractivity contribution in [3.63, 3.8) is 0 Å². The van der Waals surface area contributed by atoms with Crippen molar-refractivity contribution in [3.8, 4) is 52.5 Å². The number of guanidine groups is 6. The monoisotopic (exact) mass is 2250 g/mol. The molecule has 1 saturated carbocycles. The number of anilines is 1. The average molecular weight is 2260 g/mol. The lowest BCUT2D eigenvalue weighted by Gasteiger charge is -2.41. The van der Waals surface area contributed by atoms with Crippen molar-refractivity contribution >= 4 is 153 Å². The van der Waals surface area contributed by atoms with E-state index in [0.29, 0.717) is 70.0 Å². The van der Waals surface area contributed by atoms with Crippen LogP contribution in [0, 0.1) is 51.5 Å². The molecule has 0 bridgehead atoms. The first-order valence-electron chi connectivity index (χ1n) is 47.2. The molecular weight excluding hydrogens is 2150 g/mol. The maximum atomic E-state index is 14.7. The molecule has 774 valence electrons. The van der Waals surface area contributed by atoms with Gasteiger partial charge >= 0.3 is 0 Å². The zero-order chi connectivity index (χ0) is 108. The molecule has 0 spiro atoms. The lowest BCUT2D eigenvalue weighted by molar-refractivity contribution is -0.133. The number of rotatable bonds is 13. The number of nitrogens with two attached hydrogens (primary N) is 6. The molecule has 10 aliphatic rings. The Morgan fingerprint density at radius 2 is 0.973 bits per heavy atom. The number of nitrogens with zero attached hydrogens (tertiary/aromatic N) is 20. The number of hydrogen-bond acceptors (Lipinski definition) is 32. The topological polar surface area (TPSA) is 536 Å². The molecule has 20 rings (SSSR count). The molecule has 7 aromatic carbocycles. The van der Waals surface area contributed by atoms with Crippen molar-refractivity contribution in [2.45, 2.75) is 150 Å². The lowest BCUT2D eigenvalue weighted by atomic mass is 9.71. The Bertz CT molecular complexity index is 7160. The highest BCUT2D eigenvalue weighted by molar-refractivity contribution is 9.11. The van der Waals surface area contributed by atoms with Crippen molar-refractivity contribution in [3.05, 3.63) is 254 Å². The fraction of sp³-hybridized carbons (Fsp3) is 0.356. The summed E-state index contributed by atoms with van der Waals surface area (Å²) < 4.78 is 53.9. The van der Waals surface area contributed by atoms with Crippen LogP contribution in [0.1, 0.15) is 177 Å². The van der Waals surface area contributed by atoms with Gasteiger partial charge in [-0.3, -0.25) is 67.6 Å². The van der Waals surface area contributed by atoms with Gasteiger partial charge in [-0.1, -0.05) is 102 Å². The number of nitrogens with one attached hydrogen (secondary N) is 1. The molecule has 7 amide bonds. The van der Waals surface area contributed by atoms with Crippen molar-refractivity contribution in [1.82, 2.24) is 54.5 Å². The lowest BCUT2D eigenvalue weighted by Crippen LogP contribution is -2.52. The Balaban J connectivity index is 0.000000134. The van der Waals surface area contributed by atoms with Crippen LogP contribution in [-0.4, -0.2) is 202 Å². The number of benzene rings is 7. The molecule has 1 aliphatic carbocycles. The van der Waals surface area contributed by atoms with E-state index in [0.717, 1.165) is 106 Å². The number of aliphatic imine (C=N–C) groups is 6. The number of fused-ring (bicyclic) bond motifs is 2. The van der Waals surface area contributed by atoms with Gasteiger partial charge in [0.2, 0.25) is 49.0 Å². The van der Waals surface area contributed by atoms with Gasteiger partial charge in [-0.2, -0.15) is 20.9 Å². The summed E-state index contributed by atoms with van der Waals surface area (Å²) in [6, 6.07) is 50.0. The highest BCUT2D eigenvalue weighted by Gasteiger charge is 2.56. The molecule has 9 aliphatic heterocycles. The summed E-state index contributed by atoms with van der Waals surface area (Å²) >= 11 is 13.1. The van der Waals surface area contributed by atoms with Crippen molar-refractivity contribution in [2.75, 3.05) is 80.4 Å². The molecule has 2 fully saturated rings. The number of hydrogen-bond donors (Lipinski definition) is 7. The Labute approximate surface area is 892 Å². The van der Waals surface area contributed by atoms with Gasteiger partial charge < -0.3 is 63.6 Å². The Morgan fingerprint density at radius 1 is 0.497 bits per heavy atom. The number of likely N-dealkylation sites (N-methyl/N-ethyl adjacent to an activating group) is 4. The highest BCUT2D eigenvalue weighted by atomic mass is 79.9. The number of piperazine rings is 1. The number of carbonyl (C=O) groups is 7. The normalized spacial score (nSPS) is 23.9. The fourth-order valence-corrected chi connectivity index (χ4v) is 22.8. The molecule has 10 aromatic rings. The van der Waals surface area contributed by atoms with E-state index in [4.69, 9.17) is 63.9 Å². The maximum Gasteiger partial charge on any atom is 0.261 e. The van der Waals surface area contributed by atoms with Crippen LogP contribution < -0.4 is 63.6 Å². The van der Waals surface area contributed by atoms with E-state index >= 15 is 0 Å². The van der Waals surface area contributed by atoms with E-state index < -0.39 is 68.0 Å². The first-order valence-corrected chi connectivity index (χ1v) is 51.2. The fourth-order valence-electron chi connectivity index (χ4n) is 19.6. The minimum atomic E-state index is -1.36. The van der Waals surface area contributed by atoms with Gasteiger partial charge in [0, 0.05) is 102 Å². The number of halogens is 5. The smallest absolute Gasteiger partial charge is 0.261 e. The number of aromatic nitrogens is 4. The quantitative estimate of drug-likeness (QED) is 0.0563. The van der Waals surface area contributed by atoms with Gasteiger partial charge in [0.25, 0.3) is 5.91 Å². The first-order chi connectivity index (χ1) is 70.5. The number of thiazole rings is 2. The minimum absolute atomic E-state index is 0.00463. The van der Waals surface area contributed by atoms with Gasteiger partial charge in [-0.25, -0.2) is 48.7 Å². The largest absolute Gasteiger partial charge is 0.454 e. The summed E-state index contributed by atoms with van der Waals surface area (Å²) in [5.74, 6) is -0.369. The molecule has 9 atom stereocenters. The molecule has 38 nitrogen and oxygen atoms in total. The number of aryl methyl sites for hydroxylation is 1. The van der Waals surface area contributed by atoms with E-state index in [-0.39, 0.29) is 109 Å². The third-order valence-electron chi connectivity index (χ3n) is 28.3. The molecule has 149 heavy (non-hydrogen) atoms. The third kappa shape index (κ3) is 21.6. The zero-order valence-corrected chi connectivity index (χ0v) is 90.4. The van der Waals surface area contributed by atoms with Gasteiger partial charge in [-0.15, -0.1) is 22.7 Å². The van der Waals surface area contributed by atoms with Crippen LogP contribution in [0.5, 0.6) is 23.0 Å². The van der Waals surface area contributed by atoms with E-state index in [2.05, 4.69) is 104 Å². The predicted octanol–water partition coefficient (Wildman–Crippen LogP) is 12.6. The van der Waals surface area contributed by atoms with Crippen LogP contribution in [0.25, 0.3) is 11.3 Å². The molecule has 12 heterocycles. The SMILES string of the molecule is CN1C(=O)C(c2cccc(Br)c2)(C2CCCCC2)N=C1N.CN1C(=O)C[C@@](C)(c2cc(-c3cc(C#N)cc(C#N)c3)nn2C)N=C1N.CN1C(=O)C[C@@](C)(c2cccc(N3CCNC(=O)C3)c2)N=C1N.CN1C(=O)[C@@H](c2ccc(C(C)(C)C#N)cc2)[C@@](C)(c2ccc(F)cc2F)N=C1N.CN1C(=O)[C@@H](c2ccc3c(c2)OCO3)[C@@](C)(c2cnc(Br)s2)N=C1N.CN1C(=O)[C@H](c2ccc3c(c2)OCO3)[C@@](C)(c2cnc(Br)s2)N=C1N. The Morgan fingerprint density at radius 3 is 1.45 bits per heavy atom. The number of carbonyl (C=O) groups excluding carboxylic acids is 7. The standard InChI is InChI=1S/C22H22F2N4O.C18H17N7O.2C16H15BrN4O3S.C16H20BrN3O.C16H21N5O2/c1-21(2,12-25)14-7-5-13(6-8-14)18-19(29)28(4)20(26)27-22(18,3)16-10-9-15(23)11-17(16)24;1-18(8-16(26)24(2)17(21)22-18)15-7-14(23-25(15)3)13-5-11(9-19)4-12(6-13)10-20;2*1-16(11-6-19-14(17)25-11)12(13(22)21(2)15(18)20-16)8-3-4-9-10(5-8)24-7-23-9;1-20-14(21)16(19-15(20)18,11-6-3-2-4-7-11)12-8-5-9-13(17)10-12;1-16(9-14(23)20(2)15(17)19-16)11-4-3-5-12(8-11)21-7-6-18-13(22)10-21/h5-11,18H,1-4H3,(H2,26,27);4-7H,8H2,1-3H3,(H2,21,22);2*3-6,12H,7H2,1-2H3,(H2,18,20);5,8-11H,2-4,6-7H2,1H3,(H2,18,19);3-5,8H,6-7,9-10H2,1-2H3,(H2,17,19)(H,18,22)/t18-,22-;18-;12-,16+;12-,16-;;16-/m1001.0/s1. The third-order valence-corrected chi connectivity index (χ3v) is 32.2. The summed E-state index contributed by atoms with van der Waals surface area (Å²) in [5.41, 5.74) is 38.2. The van der Waals surface area contributed by atoms with Crippen LogP contribution >= 0.6 is 70.5 Å². The van der Waals surface area contributed by atoms with Crippen LogP contribution in [0.3, 0.4) is 0 Å². The number of ether oxygens (including phenoxy) is 4. The van der Waals surface area contributed by atoms with E-state index in [1.807, 2.05) is 136 Å². The molecule has 0 radical (unpaired) electrons. The second-order valence-electron chi connectivity index (χ2n) is 38.6. The van der Waals surface area contributed by atoms with Crippen LogP contribution in [0.15, 0.2) is 206 Å². The van der Waals surface area contributed by atoms with Crippen LogP contribution in [-0.2, 0) is 79.3 Å². The Kier molecular flexibility index (Phi) is 31.2. The number of nitriles is 3. The minimum Gasteiger partial charge on any atom is -0.454 e. The summed E-state index contributed by atoms with van der Waals surface area (Å²) in [4.78, 5) is 136. The second kappa shape index (κ2) is 43.0. The highest BCUT2D eigenvalue weighted by Crippen LogP contribution is 2.53. The predicted molar refractivity (Wildman–Crippen MR) is 569 cm³/mol. The molecule has 13 N–H and O–H groups in total. The number of amides is 7. The molecule has 1 saturated heterocycles. The molecule has 3 aromatic heterocycles. The zero-order valence-electron chi connectivity index (χ0n) is 84.0. The molecular formula is C104H110Br3F2N27O11S2. The summed E-state index contributed by atoms with van der Waals surface area (Å²) in [5, 5.41) is 35.0. The first kappa shape index (κ1) is 108. The second-order valence-corrected chi connectivity index (χ2v) is 44.1. The summed E-state index contributed by atoms with van der Waals surface area (Å²) in [6.45, 7) is 14.8. The van der Waals surface area contributed by atoms with Crippen molar-refractivity contribution in [1.29, 1.82) is 15.8 Å². The van der Waals surface area contributed by atoms with Gasteiger partial charge in [0.15, 0.2) is 72.1 Å². The van der Waals surface area contributed by atoms with E-state index in [1.54, 1.807) is 117 Å². The average Bonchev–Trinajstić information content (AvgIpc) is 1.05. The Hall–Kier alpha value is -15.1. The van der Waals surface area contributed by atoms with Crippen LogP contribution in [0.2, 0.25) is 0 Å². The van der Waals surface area contributed by atoms with Gasteiger partial charge in [-0.05, 0) is 211 Å². The van der Waals surface area contributed by atoms with E-state index in [1.165, 1.54) is 77.7 Å². The summed E-state index contributed by atoms with van der Waals surface area (Å²) in [6.07, 6.45) is 9.52. The van der Waals surface area contributed by atoms with Gasteiger partial charge in [0.05, 0.1) is 98.6 Å². The van der Waals surface area contributed by atoms with Crippen molar-refractivity contribution < 1.29 is 61.3 Å². The van der Waals surface area contributed by atoms with Gasteiger partial charge in [0.1, 0.15) is 33.8 Å². The van der Waals surface area contributed by atoms with Crippen molar-refractivity contribution in [2.24, 2.45) is 77.3 Å². The van der Waals surface area contributed by atoms with E-state index in [9.17, 15) is 47.6 Å². The molecule has 1 unspecified atom stereocenters. The maximum absolute atomic E-state index is 14.7. The molecule has 45 heteroatoms.